The van der Waals surface area contributed by atoms with Crippen molar-refractivity contribution in [3.05, 3.63) is 18.5 Å². The first-order chi connectivity index (χ1) is 10.3. The fourth-order valence-electron chi connectivity index (χ4n) is 2.92. The minimum absolute atomic E-state index is 0.249. The van der Waals surface area contributed by atoms with Crippen LogP contribution in [-0.4, -0.2) is 59.7 Å². The summed E-state index contributed by atoms with van der Waals surface area (Å²) in [7, 11) is 0. The monoisotopic (exact) mass is 290 g/mol. The van der Waals surface area contributed by atoms with E-state index in [0.717, 1.165) is 58.0 Å². The van der Waals surface area contributed by atoms with E-state index in [4.69, 9.17) is 4.74 Å². The Bertz CT molecular complexity index is 454. The molecule has 0 saturated carbocycles. The predicted octanol–water partition coefficient (Wildman–Crippen LogP) is 1.08. The van der Waals surface area contributed by atoms with Crippen LogP contribution in [0, 0.1) is 0 Å². The van der Waals surface area contributed by atoms with Gasteiger partial charge in [-0.1, -0.05) is 0 Å². The van der Waals surface area contributed by atoms with Gasteiger partial charge in [-0.15, -0.1) is 0 Å². The molecule has 0 unspecified atom stereocenters. The summed E-state index contributed by atoms with van der Waals surface area (Å²) in [6.45, 7) is 3.96. The first-order valence-electron chi connectivity index (χ1n) is 7.74. The fraction of sp³-hybridized carbons (Fsp3) is 0.667. The van der Waals surface area contributed by atoms with Gasteiger partial charge in [-0.3, -0.25) is 4.79 Å². The SMILES string of the molecule is O=C(CC[C@H]1CCCO1)N1CCN(c2ncccn2)CC1. The smallest absolute Gasteiger partial charge is 0.225 e. The summed E-state index contributed by atoms with van der Waals surface area (Å²) in [4.78, 5) is 24.8. The van der Waals surface area contributed by atoms with E-state index in [-0.39, 0.29) is 5.91 Å². The lowest BCUT2D eigenvalue weighted by atomic mass is 10.1. The average Bonchev–Trinajstić information content (AvgIpc) is 3.07. The van der Waals surface area contributed by atoms with E-state index < -0.39 is 0 Å². The minimum atomic E-state index is 0.249. The Morgan fingerprint density at radius 2 is 2.00 bits per heavy atom. The highest BCUT2D eigenvalue weighted by molar-refractivity contribution is 5.76. The van der Waals surface area contributed by atoms with Crippen LogP contribution in [0.15, 0.2) is 18.5 Å². The molecule has 1 atom stereocenters. The highest BCUT2D eigenvalue weighted by atomic mass is 16.5. The number of carbonyl (C=O) groups is 1. The number of hydrogen-bond acceptors (Lipinski definition) is 5. The molecular formula is C15H22N4O2. The van der Waals surface area contributed by atoms with E-state index in [1.165, 1.54) is 0 Å². The maximum Gasteiger partial charge on any atom is 0.225 e. The maximum atomic E-state index is 12.2. The second-order valence-electron chi connectivity index (χ2n) is 5.59. The number of piperazine rings is 1. The van der Waals surface area contributed by atoms with Crippen LogP contribution in [0.1, 0.15) is 25.7 Å². The first kappa shape index (κ1) is 14.3. The molecule has 2 fully saturated rings. The van der Waals surface area contributed by atoms with Gasteiger partial charge in [-0.2, -0.15) is 0 Å². The van der Waals surface area contributed by atoms with Crippen molar-refractivity contribution >= 4 is 11.9 Å². The van der Waals surface area contributed by atoms with Crippen molar-refractivity contribution in [2.45, 2.75) is 31.8 Å². The molecule has 0 N–H and O–H groups in total. The summed E-state index contributed by atoms with van der Waals surface area (Å²) in [6, 6.07) is 1.81. The van der Waals surface area contributed by atoms with E-state index in [1.54, 1.807) is 12.4 Å². The molecule has 2 saturated heterocycles. The number of ether oxygens (including phenoxy) is 1. The highest BCUT2D eigenvalue weighted by Gasteiger charge is 2.23. The number of anilines is 1. The number of aromatic nitrogens is 2. The number of carbonyl (C=O) groups excluding carboxylic acids is 1. The molecular weight excluding hydrogens is 268 g/mol. The molecule has 21 heavy (non-hydrogen) atoms. The summed E-state index contributed by atoms with van der Waals surface area (Å²) in [5.41, 5.74) is 0. The van der Waals surface area contributed by atoms with Crippen molar-refractivity contribution in [2.75, 3.05) is 37.7 Å². The Kier molecular flexibility index (Phi) is 4.65. The topological polar surface area (TPSA) is 58.6 Å². The van der Waals surface area contributed by atoms with Gasteiger partial charge in [0.05, 0.1) is 6.10 Å². The van der Waals surface area contributed by atoms with Gasteiger partial charge in [0, 0.05) is 51.6 Å². The molecule has 0 spiro atoms. The van der Waals surface area contributed by atoms with Gasteiger partial charge in [0.15, 0.2) is 0 Å². The molecule has 2 aliphatic rings. The number of nitrogens with zero attached hydrogens (tertiary/aromatic N) is 4. The lowest BCUT2D eigenvalue weighted by molar-refractivity contribution is -0.132. The van der Waals surface area contributed by atoms with Crippen molar-refractivity contribution in [2.24, 2.45) is 0 Å². The molecule has 114 valence electrons. The summed E-state index contributed by atoms with van der Waals surface area (Å²) in [6.07, 6.45) is 7.50. The summed E-state index contributed by atoms with van der Waals surface area (Å²) in [5.74, 6) is 1.00. The van der Waals surface area contributed by atoms with Crippen molar-refractivity contribution in [1.29, 1.82) is 0 Å². The van der Waals surface area contributed by atoms with E-state index in [0.29, 0.717) is 12.5 Å². The van der Waals surface area contributed by atoms with Crippen molar-refractivity contribution in [3.63, 3.8) is 0 Å². The van der Waals surface area contributed by atoms with E-state index >= 15 is 0 Å². The Morgan fingerprint density at radius 1 is 1.24 bits per heavy atom. The third-order valence-electron chi connectivity index (χ3n) is 4.17. The normalized spacial score (nSPS) is 22.6. The molecule has 0 radical (unpaired) electrons. The molecule has 1 aromatic heterocycles. The molecule has 1 amide bonds. The molecule has 1 aromatic rings. The second kappa shape index (κ2) is 6.85. The van der Waals surface area contributed by atoms with Gasteiger partial charge in [-0.25, -0.2) is 9.97 Å². The van der Waals surface area contributed by atoms with Crippen LogP contribution in [0.4, 0.5) is 5.95 Å². The van der Waals surface area contributed by atoms with Crippen LogP contribution in [0.2, 0.25) is 0 Å². The molecule has 0 bridgehead atoms. The van der Waals surface area contributed by atoms with Gasteiger partial charge < -0.3 is 14.5 Å². The van der Waals surface area contributed by atoms with Gasteiger partial charge in [0.2, 0.25) is 11.9 Å². The predicted molar refractivity (Wildman–Crippen MR) is 79.0 cm³/mol. The second-order valence-corrected chi connectivity index (χ2v) is 5.59. The summed E-state index contributed by atoms with van der Waals surface area (Å²) in [5, 5.41) is 0. The van der Waals surface area contributed by atoms with Crippen molar-refractivity contribution in [3.8, 4) is 0 Å². The standard InChI is InChI=1S/C15H22N4O2/c20-14(5-4-13-3-1-12-21-13)18-8-10-19(11-9-18)15-16-6-2-7-17-15/h2,6-7,13H,1,3-5,8-12H2/t13-/m1/s1. The molecule has 6 nitrogen and oxygen atoms in total. The van der Waals surface area contributed by atoms with Gasteiger partial charge in [-0.05, 0) is 25.3 Å². The summed E-state index contributed by atoms with van der Waals surface area (Å²) >= 11 is 0. The van der Waals surface area contributed by atoms with E-state index in [1.807, 2.05) is 11.0 Å². The van der Waals surface area contributed by atoms with Gasteiger partial charge >= 0.3 is 0 Å². The molecule has 3 rings (SSSR count). The summed E-state index contributed by atoms with van der Waals surface area (Å²) < 4.78 is 5.57. The largest absolute Gasteiger partial charge is 0.378 e. The average molecular weight is 290 g/mol. The Labute approximate surface area is 125 Å². The minimum Gasteiger partial charge on any atom is -0.378 e. The first-order valence-corrected chi connectivity index (χ1v) is 7.74. The molecule has 2 aliphatic heterocycles. The number of rotatable bonds is 4. The van der Waals surface area contributed by atoms with Crippen LogP contribution in [0.25, 0.3) is 0 Å². The quantitative estimate of drug-likeness (QED) is 0.830. The molecule has 6 heteroatoms. The Hall–Kier alpha value is -1.69. The fourth-order valence-corrected chi connectivity index (χ4v) is 2.92. The van der Waals surface area contributed by atoms with Crippen molar-refractivity contribution in [1.82, 2.24) is 14.9 Å². The Morgan fingerprint density at radius 3 is 2.67 bits per heavy atom. The highest BCUT2D eigenvalue weighted by Crippen LogP contribution is 2.18. The molecule has 3 heterocycles. The number of amides is 1. The number of hydrogen-bond donors (Lipinski definition) is 0. The zero-order valence-corrected chi connectivity index (χ0v) is 12.3. The van der Waals surface area contributed by atoms with Crippen LogP contribution in [0.5, 0.6) is 0 Å². The van der Waals surface area contributed by atoms with E-state index in [2.05, 4.69) is 14.9 Å². The van der Waals surface area contributed by atoms with Gasteiger partial charge in [0.1, 0.15) is 0 Å². The third-order valence-corrected chi connectivity index (χ3v) is 4.17. The van der Waals surface area contributed by atoms with Crippen molar-refractivity contribution < 1.29 is 9.53 Å². The Balaban J connectivity index is 1.43. The van der Waals surface area contributed by atoms with Gasteiger partial charge in [0.25, 0.3) is 0 Å². The zero-order valence-electron chi connectivity index (χ0n) is 12.3. The molecule has 0 aromatic carbocycles. The van der Waals surface area contributed by atoms with Crippen LogP contribution < -0.4 is 4.90 Å². The molecule has 0 aliphatic carbocycles. The maximum absolute atomic E-state index is 12.2. The zero-order chi connectivity index (χ0) is 14.5. The van der Waals surface area contributed by atoms with Crippen LogP contribution >= 0.6 is 0 Å². The van der Waals surface area contributed by atoms with Crippen LogP contribution in [0.3, 0.4) is 0 Å². The lowest BCUT2D eigenvalue weighted by Gasteiger charge is -2.34. The third kappa shape index (κ3) is 3.69. The van der Waals surface area contributed by atoms with Crippen LogP contribution in [-0.2, 0) is 9.53 Å². The lowest BCUT2D eigenvalue weighted by Crippen LogP contribution is -2.49. The van der Waals surface area contributed by atoms with E-state index in [9.17, 15) is 4.79 Å².